The van der Waals surface area contributed by atoms with Gasteiger partial charge >= 0.3 is 0 Å². The second-order valence-corrected chi connectivity index (χ2v) is 8.39. The summed E-state index contributed by atoms with van der Waals surface area (Å²) >= 11 is 0. The molecule has 0 aliphatic carbocycles. The molecule has 5 aromatic rings. The molecule has 4 nitrogen and oxygen atoms in total. The van der Waals surface area contributed by atoms with Crippen LogP contribution in [0.1, 0.15) is 31.8 Å². The molecule has 0 bridgehead atoms. The fraction of sp³-hybridized carbons (Fsp3) is 0. The molecule has 174 valence electrons. The van der Waals surface area contributed by atoms with E-state index in [-0.39, 0.29) is 28.6 Å². The molecular formula is C32H22O4. The number of aromatic hydroxyl groups is 2. The van der Waals surface area contributed by atoms with Crippen molar-refractivity contribution in [2.45, 2.75) is 0 Å². The summed E-state index contributed by atoms with van der Waals surface area (Å²) in [5.41, 5.74) is 4.28. The maximum Gasteiger partial charge on any atom is 0.194 e. The zero-order chi connectivity index (χ0) is 25.1. The highest BCUT2D eigenvalue weighted by Gasteiger charge is 2.26. The van der Waals surface area contributed by atoms with Gasteiger partial charge in [-0.15, -0.1) is 0 Å². The van der Waals surface area contributed by atoms with Crippen LogP contribution in [0.15, 0.2) is 121 Å². The van der Waals surface area contributed by atoms with Crippen molar-refractivity contribution in [3.05, 3.63) is 144 Å². The topological polar surface area (TPSA) is 74.6 Å². The molecule has 4 heteroatoms. The number of ketones is 2. The Hall–Kier alpha value is -4.96. The quantitative estimate of drug-likeness (QED) is 0.265. The molecule has 0 atom stereocenters. The molecule has 0 amide bonds. The molecule has 0 heterocycles. The number of benzene rings is 5. The van der Waals surface area contributed by atoms with Gasteiger partial charge in [-0.25, -0.2) is 0 Å². The third-order valence-electron chi connectivity index (χ3n) is 6.08. The summed E-state index contributed by atoms with van der Waals surface area (Å²) in [5, 5.41) is 19.7. The van der Waals surface area contributed by atoms with Crippen LogP contribution in [-0.4, -0.2) is 21.8 Å². The number of phenolic OH excluding ortho intramolecular Hbond substituents is 2. The van der Waals surface area contributed by atoms with Gasteiger partial charge in [-0.2, -0.15) is 0 Å². The van der Waals surface area contributed by atoms with Crippen LogP contribution in [-0.2, 0) is 0 Å². The molecule has 0 unspecified atom stereocenters. The van der Waals surface area contributed by atoms with Gasteiger partial charge in [-0.3, -0.25) is 9.59 Å². The van der Waals surface area contributed by atoms with Crippen molar-refractivity contribution >= 4 is 11.6 Å². The summed E-state index contributed by atoms with van der Waals surface area (Å²) in [5.74, 6) is -0.315. The van der Waals surface area contributed by atoms with E-state index >= 15 is 0 Å². The Kier molecular flexibility index (Phi) is 6.16. The Morgan fingerprint density at radius 2 is 0.944 bits per heavy atom. The van der Waals surface area contributed by atoms with Crippen LogP contribution < -0.4 is 0 Å². The molecule has 0 spiro atoms. The van der Waals surface area contributed by atoms with E-state index in [0.29, 0.717) is 27.8 Å². The molecule has 0 aromatic heterocycles. The first kappa shape index (κ1) is 22.8. The van der Waals surface area contributed by atoms with E-state index in [0.717, 1.165) is 11.1 Å². The highest BCUT2D eigenvalue weighted by Crippen LogP contribution is 2.39. The van der Waals surface area contributed by atoms with Crippen molar-refractivity contribution < 1.29 is 19.8 Å². The Morgan fingerprint density at radius 1 is 0.472 bits per heavy atom. The average molecular weight is 471 g/mol. The molecule has 5 rings (SSSR count). The van der Waals surface area contributed by atoms with Gasteiger partial charge in [-0.1, -0.05) is 91.0 Å². The van der Waals surface area contributed by atoms with Crippen LogP contribution in [0, 0.1) is 0 Å². The summed E-state index contributed by atoms with van der Waals surface area (Å²) in [6.45, 7) is 0. The van der Waals surface area contributed by atoms with Gasteiger partial charge in [0.1, 0.15) is 11.5 Å². The van der Waals surface area contributed by atoms with Crippen molar-refractivity contribution in [2.75, 3.05) is 0 Å². The third kappa shape index (κ3) is 4.40. The minimum Gasteiger partial charge on any atom is -0.508 e. The van der Waals surface area contributed by atoms with Gasteiger partial charge in [0.15, 0.2) is 11.6 Å². The number of phenols is 2. The second-order valence-electron chi connectivity index (χ2n) is 8.39. The Morgan fingerprint density at radius 3 is 1.47 bits per heavy atom. The zero-order valence-electron chi connectivity index (χ0n) is 19.3. The molecule has 0 fully saturated rings. The summed E-state index contributed by atoms with van der Waals surface area (Å²) in [7, 11) is 0. The third-order valence-corrected chi connectivity index (χ3v) is 6.08. The minimum absolute atomic E-state index is 0.0948. The molecule has 2 N–H and O–H groups in total. The minimum atomic E-state index is -0.279. The normalized spacial score (nSPS) is 10.7. The fourth-order valence-corrected chi connectivity index (χ4v) is 4.32. The van der Waals surface area contributed by atoms with Crippen molar-refractivity contribution in [3.8, 4) is 33.8 Å². The van der Waals surface area contributed by atoms with Gasteiger partial charge in [0.25, 0.3) is 0 Å². The number of carbonyl (C=O) groups excluding carboxylic acids is 2. The SMILES string of the molecule is O=C(c1ccccc1)c1ccc(-c2ccc(O)cc2)c(-c2ccc(O)cc2)c1C(=O)c1ccccc1. The highest BCUT2D eigenvalue weighted by molar-refractivity contribution is 6.23. The smallest absolute Gasteiger partial charge is 0.194 e. The summed E-state index contributed by atoms with van der Waals surface area (Å²) < 4.78 is 0. The number of hydrogen-bond acceptors (Lipinski definition) is 4. The summed E-state index contributed by atoms with van der Waals surface area (Å²) in [6, 6.07) is 34.5. The first-order valence-corrected chi connectivity index (χ1v) is 11.5. The van der Waals surface area contributed by atoms with Gasteiger partial charge in [0.05, 0.1) is 0 Å². The van der Waals surface area contributed by atoms with Crippen molar-refractivity contribution in [3.63, 3.8) is 0 Å². The van der Waals surface area contributed by atoms with Crippen LogP contribution in [0.4, 0.5) is 0 Å². The number of carbonyl (C=O) groups is 2. The fourth-order valence-electron chi connectivity index (χ4n) is 4.32. The molecule has 0 saturated heterocycles. The van der Waals surface area contributed by atoms with Crippen LogP contribution in [0.25, 0.3) is 22.3 Å². The summed E-state index contributed by atoms with van der Waals surface area (Å²) in [6.07, 6.45) is 0. The van der Waals surface area contributed by atoms with Crippen molar-refractivity contribution in [2.24, 2.45) is 0 Å². The van der Waals surface area contributed by atoms with E-state index in [2.05, 4.69) is 0 Å². The van der Waals surface area contributed by atoms with E-state index in [1.165, 1.54) is 0 Å². The Balaban J connectivity index is 1.85. The predicted molar refractivity (Wildman–Crippen MR) is 140 cm³/mol. The first-order chi connectivity index (χ1) is 17.5. The maximum atomic E-state index is 14.1. The van der Waals surface area contributed by atoms with Crippen LogP contribution in [0.2, 0.25) is 0 Å². The van der Waals surface area contributed by atoms with E-state index in [9.17, 15) is 19.8 Å². The molecule has 0 radical (unpaired) electrons. The van der Waals surface area contributed by atoms with Crippen LogP contribution >= 0.6 is 0 Å². The van der Waals surface area contributed by atoms with Gasteiger partial charge in [-0.05, 0) is 47.0 Å². The lowest BCUT2D eigenvalue weighted by Crippen LogP contribution is -2.14. The van der Waals surface area contributed by atoms with Gasteiger partial charge < -0.3 is 10.2 Å². The zero-order valence-corrected chi connectivity index (χ0v) is 19.3. The summed E-state index contributed by atoms with van der Waals surface area (Å²) in [4.78, 5) is 27.8. The second kappa shape index (κ2) is 9.72. The van der Waals surface area contributed by atoms with Crippen LogP contribution in [0.5, 0.6) is 11.5 Å². The number of rotatable bonds is 6. The lowest BCUT2D eigenvalue weighted by atomic mass is 9.82. The van der Waals surface area contributed by atoms with E-state index in [4.69, 9.17) is 0 Å². The van der Waals surface area contributed by atoms with E-state index in [1.54, 1.807) is 103 Å². The van der Waals surface area contributed by atoms with Crippen molar-refractivity contribution in [1.82, 2.24) is 0 Å². The van der Waals surface area contributed by atoms with Gasteiger partial charge in [0, 0.05) is 27.8 Å². The molecular weight excluding hydrogens is 448 g/mol. The molecule has 36 heavy (non-hydrogen) atoms. The van der Waals surface area contributed by atoms with Gasteiger partial charge in [0.2, 0.25) is 0 Å². The standard InChI is InChI=1S/C32H22O4/c33-25-15-11-21(12-16-25)27-19-20-28(31(35)23-7-3-1-4-8-23)30(32(36)24-9-5-2-6-10-24)29(27)22-13-17-26(34)18-14-22/h1-20,33-34H. The van der Waals surface area contributed by atoms with Crippen LogP contribution in [0.3, 0.4) is 0 Å². The monoisotopic (exact) mass is 470 g/mol. The maximum absolute atomic E-state index is 14.1. The highest BCUT2D eigenvalue weighted by atomic mass is 16.3. The predicted octanol–water partition coefficient (Wildman–Crippen LogP) is 6.89. The van der Waals surface area contributed by atoms with E-state index in [1.807, 2.05) is 18.2 Å². The lowest BCUT2D eigenvalue weighted by Gasteiger charge is -2.19. The molecule has 5 aromatic carbocycles. The first-order valence-electron chi connectivity index (χ1n) is 11.5. The molecule has 0 aliphatic heterocycles. The van der Waals surface area contributed by atoms with Crippen molar-refractivity contribution in [1.29, 1.82) is 0 Å². The average Bonchev–Trinajstić information content (AvgIpc) is 2.93. The Labute approximate surface area is 208 Å². The lowest BCUT2D eigenvalue weighted by molar-refractivity contribution is 0.100. The molecule has 0 saturated carbocycles. The number of hydrogen-bond donors (Lipinski definition) is 2. The Bertz CT molecular complexity index is 1540. The molecule has 0 aliphatic rings. The van der Waals surface area contributed by atoms with E-state index < -0.39 is 0 Å². The largest absolute Gasteiger partial charge is 0.508 e.